The predicted molar refractivity (Wildman–Crippen MR) is 66.1 cm³/mol. The van der Waals surface area contributed by atoms with Crippen LogP contribution in [0.1, 0.15) is 18.3 Å². The van der Waals surface area contributed by atoms with Gasteiger partial charge in [-0.2, -0.15) is 10.2 Å². The number of hydrogen-bond donors (Lipinski definition) is 1. The van der Waals surface area contributed by atoms with Gasteiger partial charge < -0.3 is 5.73 Å². The predicted octanol–water partition coefficient (Wildman–Crippen LogP) is 1.80. The van der Waals surface area contributed by atoms with E-state index in [0.717, 1.165) is 22.4 Å². The van der Waals surface area contributed by atoms with Crippen molar-refractivity contribution in [1.29, 1.82) is 0 Å². The van der Waals surface area contributed by atoms with Crippen LogP contribution in [0.5, 0.6) is 0 Å². The number of anilines is 1. The van der Waals surface area contributed by atoms with E-state index in [1.54, 1.807) is 6.07 Å². The molecule has 0 unspecified atom stereocenters. The summed E-state index contributed by atoms with van der Waals surface area (Å²) in [6, 6.07) is 1.79. The summed E-state index contributed by atoms with van der Waals surface area (Å²) in [4.78, 5) is 0. The second kappa shape index (κ2) is 4.29. The summed E-state index contributed by atoms with van der Waals surface area (Å²) in [5, 5.41) is 8.59. The van der Waals surface area contributed by atoms with Gasteiger partial charge in [0, 0.05) is 12.7 Å². The highest BCUT2D eigenvalue weighted by Gasteiger charge is 2.12. The van der Waals surface area contributed by atoms with Gasteiger partial charge in [-0.25, -0.2) is 0 Å². The van der Waals surface area contributed by atoms with Crippen LogP contribution in [0.15, 0.2) is 16.7 Å². The Hall–Kier alpha value is -1.30. The highest BCUT2D eigenvalue weighted by Crippen LogP contribution is 2.21. The first-order valence-corrected chi connectivity index (χ1v) is 5.91. The van der Waals surface area contributed by atoms with Crippen LogP contribution in [0.2, 0.25) is 0 Å². The fourth-order valence-electron chi connectivity index (χ4n) is 1.64. The molecule has 0 spiro atoms. The molecule has 0 aromatic carbocycles. The molecule has 0 bridgehead atoms. The number of nitrogen functional groups attached to an aromatic ring is 1. The molecular formula is C10H14BrN5. The van der Waals surface area contributed by atoms with Crippen molar-refractivity contribution in [2.45, 2.75) is 26.9 Å². The molecule has 0 aliphatic heterocycles. The summed E-state index contributed by atoms with van der Waals surface area (Å²) in [5.74, 6) is 0.537. The SMILES string of the molecule is CCn1nc(C)c(Br)c1Cn1ccc(N)n1. The van der Waals surface area contributed by atoms with Gasteiger partial charge in [0.1, 0.15) is 5.82 Å². The Kier molecular flexibility index (Phi) is 3.00. The maximum atomic E-state index is 5.58. The largest absolute Gasteiger partial charge is 0.382 e. The number of hydrogen-bond acceptors (Lipinski definition) is 3. The molecule has 0 aliphatic rings. The van der Waals surface area contributed by atoms with E-state index in [4.69, 9.17) is 5.73 Å². The fourth-order valence-corrected chi connectivity index (χ4v) is 2.05. The van der Waals surface area contributed by atoms with Crippen molar-refractivity contribution in [2.24, 2.45) is 0 Å². The van der Waals surface area contributed by atoms with Crippen molar-refractivity contribution in [3.8, 4) is 0 Å². The molecule has 0 saturated carbocycles. The summed E-state index contributed by atoms with van der Waals surface area (Å²) in [6.07, 6.45) is 1.87. The van der Waals surface area contributed by atoms with Crippen LogP contribution in [0.3, 0.4) is 0 Å². The Labute approximate surface area is 102 Å². The Morgan fingerprint density at radius 1 is 1.44 bits per heavy atom. The van der Waals surface area contributed by atoms with Crippen molar-refractivity contribution < 1.29 is 0 Å². The van der Waals surface area contributed by atoms with Crippen LogP contribution in [-0.2, 0) is 13.1 Å². The van der Waals surface area contributed by atoms with Gasteiger partial charge in [-0.05, 0) is 35.8 Å². The minimum Gasteiger partial charge on any atom is -0.382 e. The van der Waals surface area contributed by atoms with E-state index >= 15 is 0 Å². The second-order valence-corrected chi connectivity index (χ2v) is 4.39. The lowest BCUT2D eigenvalue weighted by Gasteiger charge is -2.05. The summed E-state index contributed by atoms with van der Waals surface area (Å²) in [7, 11) is 0. The molecule has 0 amide bonds. The van der Waals surface area contributed by atoms with E-state index in [9.17, 15) is 0 Å². The molecule has 2 aromatic rings. The summed E-state index contributed by atoms with van der Waals surface area (Å²) >= 11 is 3.55. The lowest BCUT2D eigenvalue weighted by atomic mass is 10.3. The van der Waals surface area contributed by atoms with E-state index in [1.165, 1.54) is 0 Å². The zero-order chi connectivity index (χ0) is 11.7. The first-order chi connectivity index (χ1) is 7.61. The quantitative estimate of drug-likeness (QED) is 0.934. The standard InChI is InChI=1S/C10H14BrN5/c1-3-16-8(10(11)7(2)13-16)6-15-5-4-9(12)14-15/h4-5H,3,6H2,1-2H3,(H2,12,14). The number of aryl methyl sites for hydroxylation is 2. The van der Waals surface area contributed by atoms with E-state index in [1.807, 2.05) is 22.5 Å². The number of aromatic nitrogens is 4. The van der Waals surface area contributed by atoms with Crippen LogP contribution < -0.4 is 5.73 Å². The van der Waals surface area contributed by atoms with Gasteiger partial charge >= 0.3 is 0 Å². The van der Waals surface area contributed by atoms with Crippen molar-refractivity contribution in [3.63, 3.8) is 0 Å². The van der Waals surface area contributed by atoms with Gasteiger partial charge in [0.15, 0.2) is 0 Å². The Balaban J connectivity index is 2.33. The molecule has 0 saturated heterocycles. The molecule has 2 heterocycles. The molecule has 0 radical (unpaired) electrons. The average Bonchev–Trinajstić information content (AvgIpc) is 2.77. The highest BCUT2D eigenvalue weighted by molar-refractivity contribution is 9.10. The topological polar surface area (TPSA) is 61.7 Å². The Bertz CT molecular complexity index is 499. The monoisotopic (exact) mass is 283 g/mol. The highest BCUT2D eigenvalue weighted by atomic mass is 79.9. The van der Waals surface area contributed by atoms with Crippen molar-refractivity contribution >= 4 is 21.7 Å². The van der Waals surface area contributed by atoms with Gasteiger partial charge in [0.05, 0.1) is 22.4 Å². The molecule has 2 rings (SSSR count). The molecule has 86 valence electrons. The summed E-state index contributed by atoms with van der Waals surface area (Å²) < 4.78 is 4.82. The molecule has 2 N–H and O–H groups in total. The average molecular weight is 284 g/mol. The van der Waals surface area contributed by atoms with Gasteiger partial charge in [0.25, 0.3) is 0 Å². The maximum Gasteiger partial charge on any atom is 0.145 e. The first kappa shape index (κ1) is 11.2. The molecule has 6 heteroatoms. The Morgan fingerprint density at radius 3 is 2.75 bits per heavy atom. The minimum absolute atomic E-state index is 0.537. The number of nitrogens with zero attached hydrogens (tertiary/aromatic N) is 4. The van der Waals surface area contributed by atoms with Crippen LogP contribution in [-0.4, -0.2) is 19.6 Å². The molecule has 16 heavy (non-hydrogen) atoms. The van der Waals surface area contributed by atoms with Gasteiger partial charge in [-0.1, -0.05) is 0 Å². The molecule has 0 atom stereocenters. The van der Waals surface area contributed by atoms with Crippen LogP contribution in [0.4, 0.5) is 5.82 Å². The maximum absolute atomic E-state index is 5.58. The molecule has 2 aromatic heterocycles. The van der Waals surface area contributed by atoms with Crippen LogP contribution >= 0.6 is 15.9 Å². The third kappa shape index (κ3) is 1.97. The van der Waals surface area contributed by atoms with Gasteiger partial charge in [-0.15, -0.1) is 0 Å². The lowest BCUT2D eigenvalue weighted by molar-refractivity contribution is 0.575. The number of rotatable bonds is 3. The second-order valence-electron chi connectivity index (χ2n) is 3.60. The van der Waals surface area contributed by atoms with E-state index in [-0.39, 0.29) is 0 Å². The molecule has 5 nitrogen and oxygen atoms in total. The number of nitrogens with two attached hydrogens (primary N) is 1. The molecule has 0 aliphatic carbocycles. The van der Waals surface area contributed by atoms with E-state index in [0.29, 0.717) is 12.4 Å². The zero-order valence-corrected chi connectivity index (χ0v) is 10.9. The minimum atomic E-state index is 0.537. The van der Waals surface area contributed by atoms with Gasteiger partial charge in [-0.3, -0.25) is 9.36 Å². The van der Waals surface area contributed by atoms with Gasteiger partial charge in [0.2, 0.25) is 0 Å². The number of halogens is 1. The third-order valence-corrected chi connectivity index (χ3v) is 3.46. The normalized spacial score (nSPS) is 10.9. The summed E-state index contributed by atoms with van der Waals surface area (Å²) in [6.45, 7) is 5.57. The zero-order valence-electron chi connectivity index (χ0n) is 9.31. The summed E-state index contributed by atoms with van der Waals surface area (Å²) in [5.41, 5.74) is 7.69. The lowest BCUT2D eigenvalue weighted by Crippen LogP contribution is -2.09. The van der Waals surface area contributed by atoms with Crippen LogP contribution in [0, 0.1) is 6.92 Å². The molecule has 0 fully saturated rings. The van der Waals surface area contributed by atoms with Crippen molar-refractivity contribution in [1.82, 2.24) is 19.6 Å². The smallest absolute Gasteiger partial charge is 0.145 e. The third-order valence-electron chi connectivity index (χ3n) is 2.43. The van der Waals surface area contributed by atoms with E-state index < -0.39 is 0 Å². The van der Waals surface area contributed by atoms with Crippen LogP contribution in [0.25, 0.3) is 0 Å². The Morgan fingerprint density at radius 2 is 2.19 bits per heavy atom. The molecular weight excluding hydrogens is 270 g/mol. The fraction of sp³-hybridized carbons (Fsp3) is 0.400. The van der Waals surface area contributed by atoms with E-state index in [2.05, 4.69) is 33.1 Å². The van der Waals surface area contributed by atoms with Crippen molar-refractivity contribution in [3.05, 3.63) is 28.1 Å². The van der Waals surface area contributed by atoms with Crippen molar-refractivity contribution in [2.75, 3.05) is 5.73 Å². The first-order valence-electron chi connectivity index (χ1n) is 5.12.